The Bertz CT molecular complexity index is 682. The maximum Gasteiger partial charge on any atom is 0.0744 e. The molecule has 0 bridgehead atoms. The third-order valence-electron chi connectivity index (χ3n) is 2.76. The second-order valence-corrected chi connectivity index (χ2v) is 5.97. The average Bonchev–Trinajstić information content (AvgIpc) is 2.81. The Kier molecular flexibility index (Phi) is 2.12. The molecule has 0 amide bonds. The number of H-pyrrole nitrogens is 1. The van der Waals surface area contributed by atoms with E-state index in [0.29, 0.717) is 0 Å². The Morgan fingerprint density at radius 3 is 2.76 bits per heavy atom. The summed E-state index contributed by atoms with van der Waals surface area (Å²) in [5, 5.41) is 0. The smallest absolute Gasteiger partial charge is 0.0744 e. The van der Waals surface area contributed by atoms with Crippen LogP contribution in [0.15, 0.2) is 47.6 Å². The fourth-order valence-electron chi connectivity index (χ4n) is 1.95. The van der Waals surface area contributed by atoms with Crippen molar-refractivity contribution in [3.05, 3.63) is 53.9 Å². The predicted molar refractivity (Wildman–Crippen MR) is 71.8 cm³/mol. The van der Waals surface area contributed by atoms with Crippen LogP contribution in [0.25, 0.3) is 11.8 Å². The highest BCUT2D eigenvalue weighted by atomic mass is 32.2. The van der Waals surface area contributed by atoms with Gasteiger partial charge in [0.2, 0.25) is 0 Å². The maximum absolute atomic E-state index is 12.5. The summed E-state index contributed by atoms with van der Waals surface area (Å²) < 4.78 is 15.5. The van der Waals surface area contributed by atoms with Crippen molar-refractivity contribution in [2.45, 2.75) is 4.90 Å². The van der Waals surface area contributed by atoms with Gasteiger partial charge >= 0.3 is 0 Å². The van der Waals surface area contributed by atoms with E-state index in [9.17, 15) is 4.21 Å². The SMILES string of the molecule is C=S1(=O)NC(c2cc[nH]c2)=Cc2ccccc21. The highest BCUT2D eigenvalue weighted by molar-refractivity contribution is 7.99. The quantitative estimate of drug-likeness (QED) is 0.741. The average molecular weight is 244 g/mol. The molecule has 1 aromatic heterocycles. The molecule has 0 saturated heterocycles. The normalized spacial score (nSPS) is 22.5. The van der Waals surface area contributed by atoms with Crippen LogP contribution in [0.3, 0.4) is 0 Å². The van der Waals surface area contributed by atoms with E-state index in [-0.39, 0.29) is 0 Å². The van der Waals surface area contributed by atoms with Crippen molar-refractivity contribution < 1.29 is 4.21 Å². The lowest BCUT2D eigenvalue weighted by Crippen LogP contribution is -2.25. The van der Waals surface area contributed by atoms with Gasteiger partial charge in [-0.3, -0.25) is 0 Å². The van der Waals surface area contributed by atoms with E-state index in [4.69, 9.17) is 0 Å². The second kappa shape index (κ2) is 3.53. The van der Waals surface area contributed by atoms with E-state index < -0.39 is 9.71 Å². The zero-order valence-corrected chi connectivity index (χ0v) is 9.96. The van der Waals surface area contributed by atoms with Crippen LogP contribution in [-0.2, 0) is 9.71 Å². The van der Waals surface area contributed by atoms with Crippen LogP contribution in [0.2, 0.25) is 0 Å². The monoisotopic (exact) mass is 244 g/mol. The summed E-state index contributed by atoms with van der Waals surface area (Å²) in [6.07, 6.45) is 5.69. The van der Waals surface area contributed by atoms with Crippen LogP contribution < -0.4 is 4.72 Å². The third-order valence-corrected chi connectivity index (χ3v) is 4.39. The Morgan fingerprint density at radius 1 is 1.18 bits per heavy atom. The third kappa shape index (κ3) is 1.66. The first kappa shape index (κ1) is 10.2. The second-order valence-electron chi connectivity index (χ2n) is 3.97. The lowest BCUT2D eigenvalue weighted by Gasteiger charge is -2.22. The first-order valence-corrected chi connectivity index (χ1v) is 6.98. The van der Waals surface area contributed by atoms with E-state index in [1.54, 1.807) is 0 Å². The van der Waals surface area contributed by atoms with Gasteiger partial charge in [-0.05, 0) is 29.6 Å². The predicted octanol–water partition coefficient (Wildman–Crippen LogP) is 2.11. The van der Waals surface area contributed by atoms with Gasteiger partial charge in [0.15, 0.2) is 0 Å². The number of fused-ring (bicyclic) bond motifs is 1. The molecule has 0 radical (unpaired) electrons. The fourth-order valence-corrected chi connectivity index (χ4v) is 3.40. The van der Waals surface area contributed by atoms with Crippen molar-refractivity contribution in [2.24, 2.45) is 0 Å². The van der Waals surface area contributed by atoms with Crippen LogP contribution >= 0.6 is 0 Å². The minimum Gasteiger partial charge on any atom is -0.367 e. The summed E-state index contributed by atoms with van der Waals surface area (Å²) in [6, 6.07) is 9.55. The van der Waals surface area contributed by atoms with Crippen LogP contribution in [0.5, 0.6) is 0 Å². The Balaban J connectivity index is 2.22. The van der Waals surface area contributed by atoms with Gasteiger partial charge in [-0.25, -0.2) is 4.21 Å². The lowest BCUT2D eigenvalue weighted by molar-refractivity contribution is 0.677. The van der Waals surface area contributed by atoms with Crippen LogP contribution in [0, 0.1) is 0 Å². The molecule has 3 nitrogen and oxygen atoms in total. The van der Waals surface area contributed by atoms with E-state index in [0.717, 1.165) is 21.7 Å². The molecule has 0 spiro atoms. The number of benzene rings is 1. The molecular formula is C13H12N2OS. The molecule has 4 heteroatoms. The summed E-state index contributed by atoms with van der Waals surface area (Å²) in [5.41, 5.74) is 2.78. The van der Waals surface area contributed by atoms with Crippen molar-refractivity contribution in [1.29, 1.82) is 0 Å². The number of nitrogens with one attached hydrogen (secondary N) is 2. The van der Waals surface area contributed by atoms with Crippen LogP contribution in [0.1, 0.15) is 11.1 Å². The first-order chi connectivity index (χ1) is 8.17. The van der Waals surface area contributed by atoms with Gasteiger partial charge in [0.1, 0.15) is 0 Å². The van der Waals surface area contributed by atoms with Gasteiger partial charge in [0.25, 0.3) is 0 Å². The van der Waals surface area contributed by atoms with Gasteiger partial charge in [0.05, 0.1) is 20.3 Å². The minimum atomic E-state index is -2.45. The zero-order valence-electron chi connectivity index (χ0n) is 9.14. The Hall–Kier alpha value is -1.94. The van der Waals surface area contributed by atoms with Gasteiger partial charge in [-0.2, -0.15) is 0 Å². The molecular weight excluding hydrogens is 232 g/mol. The highest BCUT2D eigenvalue weighted by Gasteiger charge is 2.19. The molecule has 86 valence electrons. The van der Waals surface area contributed by atoms with E-state index >= 15 is 0 Å². The highest BCUT2D eigenvalue weighted by Crippen LogP contribution is 2.27. The molecule has 2 N–H and O–H groups in total. The molecule has 1 unspecified atom stereocenters. The van der Waals surface area contributed by atoms with Crippen molar-refractivity contribution in [2.75, 3.05) is 0 Å². The summed E-state index contributed by atoms with van der Waals surface area (Å²) in [6.45, 7) is 0. The molecule has 0 fully saturated rings. The van der Waals surface area contributed by atoms with Crippen molar-refractivity contribution >= 4 is 27.4 Å². The van der Waals surface area contributed by atoms with Gasteiger partial charge in [-0.15, -0.1) is 0 Å². The molecule has 1 aliphatic heterocycles. The molecule has 0 saturated carbocycles. The van der Waals surface area contributed by atoms with Crippen molar-refractivity contribution in [3.63, 3.8) is 0 Å². The molecule has 0 aliphatic carbocycles. The summed E-state index contributed by atoms with van der Waals surface area (Å²) in [5.74, 6) is 3.80. The summed E-state index contributed by atoms with van der Waals surface area (Å²) in [4.78, 5) is 3.75. The van der Waals surface area contributed by atoms with E-state index in [2.05, 4.69) is 15.6 Å². The maximum atomic E-state index is 12.5. The summed E-state index contributed by atoms with van der Waals surface area (Å²) in [7, 11) is -2.45. The first-order valence-electron chi connectivity index (χ1n) is 5.26. The number of hydrogen-bond acceptors (Lipinski definition) is 1. The van der Waals surface area contributed by atoms with Gasteiger partial charge in [0, 0.05) is 18.0 Å². The van der Waals surface area contributed by atoms with E-state index in [1.165, 1.54) is 0 Å². The van der Waals surface area contributed by atoms with Gasteiger partial charge in [-0.1, -0.05) is 18.2 Å². The molecule has 2 aromatic rings. The molecule has 1 aliphatic rings. The van der Waals surface area contributed by atoms with Crippen LogP contribution in [0.4, 0.5) is 0 Å². The zero-order chi connectivity index (χ0) is 11.9. The molecule has 17 heavy (non-hydrogen) atoms. The number of aromatic amines is 1. The lowest BCUT2D eigenvalue weighted by atomic mass is 10.1. The molecule has 2 heterocycles. The topological polar surface area (TPSA) is 44.9 Å². The van der Waals surface area contributed by atoms with E-state index in [1.807, 2.05) is 48.8 Å². The number of rotatable bonds is 1. The van der Waals surface area contributed by atoms with Crippen molar-refractivity contribution in [3.8, 4) is 0 Å². The number of aromatic nitrogens is 1. The largest absolute Gasteiger partial charge is 0.367 e. The minimum absolute atomic E-state index is 0.763. The Morgan fingerprint density at radius 2 is 2.00 bits per heavy atom. The van der Waals surface area contributed by atoms with Crippen LogP contribution in [-0.4, -0.2) is 15.1 Å². The van der Waals surface area contributed by atoms with Gasteiger partial charge < -0.3 is 9.71 Å². The summed E-state index contributed by atoms with van der Waals surface area (Å²) >= 11 is 0. The fraction of sp³-hybridized carbons (Fsp3) is 0. The molecule has 1 aromatic carbocycles. The number of hydrogen-bond donors (Lipinski definition) is 2. The molecule has 3 rings (SSSR count). The van der Waals surface area contributed by atoms with Crippen molar-refractivity contribution in [1.82, 2.24) is 9.71 Å². The molecule has 1 atom stereocenters. The Labute approximate surface area is 100 Å². The standard InChI is InChI=1S/C13H12N2OS/c1-17(16)13-5-3-2-4-10(13)8-12(15-17)11-6-7-14-9-11/h2-9,14H,1H2,(H,15,16).